The minimum atomic E-state index is -0.929. The summed E-state index contributed by atoms with van der Waals surface area (Å²) >= 11 is 0. The lowest BCUT2D eigenvalue weighted by molar-refractivity contribution is -0.384. The van der Waals surface area contributed by atoms with Gasteiger partial charge in [-0.05, 0) is 24.5 Å². The maximum absolute atomic E-state index is 12.7. The number of nitro groups is 1. The van der Waals surface area contributed by atoms with Gasteiger partial charge < -0.3 is 15.0 Å². The molecule has 1 aliphatic carbocycles. The van der Waals surface area contributed by atoms with Crippen molar-refractivity contribution in [2.45, 2.75) is 32.2 Å². The fourth-order valence-electron chi connectivity index (χ4n) is 2.90. The van der Waals surface area contributed by atoms with E-state index < -0.39 is 16.8 Å². The molecule has 25 heavy (non-hydrogen) atoms. The Morgan fingerprint density at radius 1 is 1.44 bits per heavy atom. The zero-order valence-electron chi connectivity index (χ0n) is 13.8. The van der Waals surface area contributed by atoms with E-state index in [-0.39, 0.29) is 30.6 Å². The van der Waals surface area contributed by atoms with E-state index in [9.17, 15) is 19.7 Å². The second kappa shape index (κ2) is 6.54. The predicted octanol–water partition coefficient (Wildman–Crippen LogP) is 2.33. The van der Waals surface area contributed by atoms with Crippen LogP contribution in [-0.4, -0.2) is 44.4 Å². The third-order valence-electron chi connectivity index (χ3n) is 4.50. The molecule has 1 atom stereocenters. The molecule has 1 fully saturated rings. The molecule has 0 bridgehead atoms. The molecule has 0 radical (unpaired) electrons. The van der Waals surface area contributed by atoms with E-state index in [0.29, 0.717) is 10.9 Å². The summed E-state index contributed by atoms with van der Waals surface area (Å²) < 4.78 is 0. The standard InChI is InChI=1S/C17H19N3O5/c1-10(17(22)23)9-19(12-2-3-12)16(21)6-11-8-18-15-5-4-13(20(24)25)7-14(11)15/h4-5,7-8,10,12,18H,2-3,6,9H2,1H3,(H,22,23). The number of nitrogens with one attached hydrogen (secondary N) is 1. The fraction of sp³-hybridized carbons (Fsp3) is 0.412. The smallest absolute Gasteiger partial charge is 0.308 e. The number of fused-ring (bicyclic) bond motifs is 1. The van der Waals surface area contributed by atoms with Crippen molar-refractivity contribution < 1.29 is 19.6 Å². The second-order valence-corrected chi connectivity index (χ2v) is 6.49. The highest BCUT2D eigenvalue weighted by atomic mass is 16.6. The number of carboxylic acid groups (broad SMARTS) is 1. The summed E-state index contributed by atoms with van der Waals surface area (Å²) in [5, 5.41) is 20.7. The monoisotopic (exact) mass is 345 g/mol. The number of carboxylic acids is 1. The summed E-state index contributed by atoms with van der Waals surface area (Å²) in [6.07, 6.45) is 3.54. The quantitative estimate of drug-likeness (QED) is 0.590. The van der Waals surface area contributed by atoms with Gasteiger partial charge in [0, 0.05) is 41.8 Å². The van der Waals surface area contributed by atoms with Crippen LogP contribution in [0, 0.1) is 16.0 Å². The number of H-pyrrole nitrogens is 1. The van der Waals surface area contributed by atoms with Gasteiger partial charge in [0.2, 0.25) is 5.91 Å². The number of aliphatic carboxylic acids is 1. The highest BCUT2D eigenvalue weighted by Crippen LogP contribution is 2.30. The molecule has 1 unspecified atom stereocenters. The summed E-state index contributed by atoms with van der Waals surface area (Å²) in [7, 11) is 0. The minimum absolute atomic E-state index is 0.0284. The highest BCUT2D eigenvalue weighted by Gasteiger charge is 2.34. The fourth-order valence-corrected chi connectivity index (χ4v) is 2.90. The van der Waals surface area contributed by atoms with Gasteiger partial charge in [0.05, 0.1) is 17.3 Å². The van der Waals surface area contributed by atoms with Gasteiger partial charge in [-0.1, -0.05) is 6.92 Å². The number of benzene rings is 1. The van der Waals surface area contributed by atoms with Gasteiger partial charge in [-0.2, -0.15) is 0 Å². The van der Waals surface area contributed by atoms with Crippen molar-refractivity contribution in [2.24, 2.45) is 5.92 Å². The van der Waals surface area contributed by atoms with Crippen LogP contribution in [-0.2, 0) is 16.0 Å². The van der Waals surface area contributed by atoms with E-state index in [0.717, 1.165) is 18.4 Å². The van der Waals surface area contributed by atoms with Gasteiger partial charge in [-0.25, -0.2) is 0 Å². The third-order valence-corrected chi connectivity index (χ3v) is 4.50. The van der Waals surface area contributed by atoms with Crippen LogP contribution in [0.2, 0.25) is 0 Å². The number of rotatable bonds is 7. The van der Waals surface area contributed by atoms with E-state index >= 15 is 0 Å². The van der Waals surface area contributed by atoms with Gasteiger partial charge in [-0.3, -0.25) is 19.7 Å². The van der Waals surface area contributed by atoms with Crippen LogP contribution in [0.1, 0.15) is 25.3 Å². The molecule has 8 heteroatoms. The highest BCUT2D eigenvalue weighted by molar-refractivity contribution is 5.90. The number of non-ortho nitro benzene ring substituents is 1. The van der Waals surface area contributed by atoms with Gasteiger partial charge in [0.25, 0.3) is 5.69 Å². The Morgan fingerprint density at radius 2 is 2.16 bits per heavy atom. The zero-order chi connectivity index (χ0) is 18.1. The summed E-state index contributed by atoms with van der Waals surface area (Å²) in [5.74, 6) is -1.71. The third kappa shape index (κ3) is 3.62. The molecule has 0 aliphatic heterocycles. The molecule has 1 aliphatic rings. The number of carbonyl (C=O) groups excluding carboxylic acids is 1. The average molecular weight is 345 g/mol. The van der Waals surface area contributed by atoms with Crippen molar-refractivity contribution >= 4 is 28.5 Å². The lowest BCUT2D eigenvalue weighted by Gasteiger charge is -2.24. The van der Waals surface area contributed by atoms with Gasteiger partial charge in [-0.15, -0.1) is 0 Å². The molecule has 8 nitrogen and oxygen atoms in total. The molecule has 0 saturated heterocycles. The molecule has 1 heterocycles. The van der Waals surface area contributed by atoms with Crippen molar-refractivity contribution in [1.82, 2.24) is 9.88 Å². The maximum Gasteiger partial charge on any atom is 0.308 e. The molecule has 132 valence electrons. The van der Waals surface area contributed by atoms with Crippen LogP contribution in [0.4, 0.5) is 5.69 Å². The molecule has 1 amide bonds. The lowest BCUT2D eigenvalue weighted by Crippen LogP contribution is -2.39. The molecule has 1 aromatic carbocycles. The Labute approximate surface area is 143 Å². The summed E-state index contributed by atoms with van der Waals surface area (Å²) in [6.45, 7) is 1.77. The van der Waals surface area contributed by atoms with Crippen molar-refractivity contribution in [3.63, 3.8) is 0 Å². The first-order valence-electron chi connectivity index (χ1n) is 8.13. The van der Waals surface area contributed by atoms with E-state index in [1.165, 1.54) is 12.1 Å². The van der Waals surface area contributed by atoms with Crippen LogP contribution in [0.3, 0.4) is 0 Å². The summed E-state index contributed by atoms with van der Waals surface area (Å²) in [4.78, 5) is 38.9. The van der Waals surface area contributed by atoms with E-state index in [1.54, 1.807) is 24.1 Å². The molecule has 0 spiro atoms. The van der Waals surface area contributed by atoms with Crippen LogP contribution in [0.5, 0.6) is 0 Å². The Balaban J connectivity index is 1.81. The van der Waals surface area contributed by atoms with Crippen molar-refractivity contribution in [2.75, 3.05) is 6.54 Å². The first kappa shape index (κ1) is 16.9. The lowest BCUT2D eigenvalue weighted by atomic mass is 10.1. The molecule has 1 saturated carbocycles. The number of aromatic amines is 1. The zero-order valence-corrected chi connectivity index (χ0v) is 13.8. The number of carbonyl (C=O) groups is 2. The Morgan fingerprint density at radius 3 is 2.76 bits per heavy atom. The number of hydrogen-bond acceptors (Lipinski definition) is 4. The molecule has 2 N–H and O–H groups in total. The molecule has 2 aromatic rings. The maximum atomic E-state index is 12.7. The Kier molecular flexibility index (Phi) is 4.43. The largest absolute Gasteiger partial charge is 0.481 e. The van der Waals surface area contributed by atoms with E-state index in [1.807, 2.05) is 0 Å². The summed E-state index contributed by atoms with van der Waals surface area (Å²) in [5.41, 5.74) is 1.38. The average Bonchev–Trinajstić information content (AvgIpc) is 3.33. The van der Waals surface area contributed by atoms with Crippen molar-refractivity contribution in [3.05, 3.63) is 40.1 Å². The molecule has 3 rings (SSSR count). The van der Waals surface area contributed by atoms with E-state index in [2.05, 4.69) is 4.98 Å². The van der Waals surface area contributed by atoms with Gasteiger partial charge >= 0.3 is 5.97 Å². The van der Waals surface area contributed by atoms with Crippen molar-refractivity contribution in [3.8, 4) is 0 Å². The number of aromatic nitrogens is 1. The Hall–Kier alpha value is -2.90. The molecular formula is C17H19N3O5. The number of hydrogen-bond donors (Lipinski definition) is 2. The van der Waals surface area contributed by atoms with E-state index in [4.69, 9.17) is 5.11 Å². The Bertz CT molecular complexity index is 840. The molecule has 1 aromatic heterocycles. The molecular weight excluding hydrogens is 326 g/mol. The number of nitro benzene ring substituents is 1. The normalized spacial score (nSPS) is 15.1. The second-order valence-electron chi connectivity index (χ2n) is 6.49. The minimum Gasteiger partial charge on any atom is -0.481 e. The van der Waals surface area contributed by atoms with Crippen LogP contribution in [0.15, 0.2) is 24.4 Å². The summed E-state index contributed by atoms with van der Waals surface area (Å²) in [6, 6.07) is 4.59. The van der Waals surface area contributed by atoms with Crippen LogP contribution in [0.25, 0.3) is 10.9 Å². The SMILES string of the molecule is CC(CN(C(=O)Cc1c[nH]c2ccc([N+](=O)[O-])cc12)C1CC1)C(=O)O. The van der Waals surface area contributed by atoms with Gasteiger partial charge in [0.1, 0.15) is 0 Å². The van der Waals surface area contributed by atoms with Crippen LogP contribution < -0.4 is 0 Å². The first-order valence-corrected chi connectivity index (χ1v) is 8.13. The number of amides is 1. The topological polar surface area (TPSA) is 117 Å². The van der Waals surface area contributed by atoms with Crippen molar-refractivity contribution in [1.29, 1.82) is 0 Å². The van der Waals surface area contributed by atoms with Gasteiger partial charge in [0.15, 0.2) is 0 Å². The number of nitrogens with zero attached hydrogens (tertiary/aromatic N) is 2. The predicted molar refractivity (Wildman–Crippen MR) is 90.2 cm³/mol. The van der Waals surface area contributed by atoms with Crippen LogP contribution >= 0.6 is 0 Å². The first-order chi connectivity index (χ1) is 11.9.